The number of rotatable bonds is 8. The summed E-state index contributed by atoms with van der Waals surface area (Å²) in [5.74, 6) is 0.503. The average Bonchev–Trinajstić information content (AvgIpc) is 3.69. The Labute approximate surface area is 226 Å². The minimum absolute atomic E-state index is 0.0771. The lowest BCUT2D eigenvalue weighted by Crippen LogP contribution is -2.50. The van der Waals surface area contributed by atoms with Gasteiger partial charge < -0.3 is 30.3 Å². The van der Waals surface area contributed by atoms with Gasteiger partial charge in [0.2, 0.25) is 0 Å². The van der Waals surface area contributed by atoms with Crippen LogP contribution in [0.2, 0.25) is 0 Å². The summed E-state index contributed by atoms with van der Waals surface area (Å²) in [5.41, 5.74) is -0.138. The minimum Gasteiger partial charge on any atom is -0.486 e. The molecule has 1 aliphatic heterocycles. The van der Waals surface area contributed by atoms with Crippen molar-refractivity contribution in [1.29, 1.82) is 0 Å². The average molecular weight is 549 g/mol. The molecule has 2 aromatic carbocycles. The van der Waals surface area contributed by atoms with E-state index in [2.05, 4.69) is 15.5 Å². The summed E-state index contributed by atoms with van der Waals surface area (Å²) in [6.07, 6.45) is -2.36. The molecular formula is C28H35F3N4O4. The molecule has 4 rings (SSSR count). The number of hydrogen-bond donors (Lipinski definition) is 3. The highest BCUT2D eigenvalue weighted by atomic mass is 19.4. The zero-order valence-electron chi connectivity index (χ0n) is 22.3. The van der Waals surface area contributed by atoms with Gasteiger partial charge in [-0.05, 0) is 69.1 Å². The Hall–Kier alpha value is -3.31. The van der Waals surface area contributed by atoms with Crippen LogP contribution in [-0.2, 0) is 6.18 Å². The molecular weight excluding hydrogens is 513 g/mol. The fourth-order valence-corrected chi connectivity index (χ4v) is 4.71. The first kappa shape index (κ1) is 28.7. The molecule has 3 atom stereocenters. The number of aliphatic hydroxyl groups is 1. The van der Waals surface area contributed by atoms with E-state index in [4.69, 9.17) is 4.74 Å². The van der Waals surface area contributed by atoms with Crippen molar-refractivity contribution in [3.8, 4) is 5.75 Å². The van der Waals surface area contributed by atoms with E-state index in [9.17, 15) is 27.9 Å². The molecule has 0 saturated heterocycles. The number of para-hydroxylation sites is 1. The SMILES string of the molecule is C[C@@H]1CN([C@@H](C)CO)C(=O)c2cccc(NC(=O)Nc3ccc(C(F)(F)F)cc3)c2O[C@@H]1CN(C)CC1CC1. The summed E-state index contributed by atoms with van der Waals surface area (Å²) in [6, 6.07) is 7.83. The van der Waals surface area contributed by atoms with Gasteiger partial charge >= 0.3 is 12.2 Å². The van der Waals surface area contributed by atoms with Crippen LogP contribution in [0.15, 0.2) is 42.5 Å². The molecule has 0 bridgehead atoms. The Kier molecular flexibility index (Phi) is 8.70. The van der Waals surface area contributed by atoms with Gasteiger partial charge in [-0.3, -0.25) is 4.79 Å². The molecule has 3 amide bonds. The van der Waals surface area contributed by atoms with Gasteiger partial charge in [-0.25, -0.2) is 4.79 Å². The highest BCUT2D eigenvalue weighted by molar-refractivity contribution is 6.04. The second-order valence-electron chi connectivity index (χ2n) is 10.6. The van der Waals surface area contributed by atoms with E-state index < -0.39 is 23.8 Å². The summed E-state index contributed by atoms with van der Waals surface area (Å²) in [4.78, 5) is 30.2. The van der Waals surface area contributed by atoms with Crippen molar-refractivity contribution in [2.24, 2.45) is 11.8 Å². The van der Waals surface area contributed by atoms with Crippen LogP contribution in [0.3, 0.4) is 0 Å². The first-order valence-electron chi connectivity index (χ1n) is 13.1. The first-order chi connectivity index (χ1) is 18.5. The van der Waals surface area contributed by atoms with Crippen LogP contribution in [-0.4, -0.2) is 72.3 Å². The van der Waals surface area contributed by atoms with Gasteiger partial charge in [0.15, 0.2) is 5.75 Å². The number of fused-ring (bicyclic) bond motifs is 1. The van der Waals surface area contributed by atoms with Crippen LogP contribution in [0.1, 0.15) is 42.6 Å². The number of alkyl halides is 3. The van der Waals surface area contributed by atoms with E-state index in [1.807, 2.05) is 14.0 Å². The van der Waals surface area contributed by atoms with Crippen LogP contribution < -0.4 is 15.4 Å². The maximum atomic E-state index is 13.6. The molecule has 0 radical (unpaired) electrons. The lowest BCUT2D eigenvalue weighted by atomic mass is 9.99. The first-order valence-corrected chi connectivity index (χ1v) is 13.1. The third kappa shape index (κ3) is 7.21. The zero-order chi connectivity index (χ0) is 28.3. The number of benzene rings is 2. The molecule has 1 heterocycles. The summed E-state index contributed by atoms with van der Waals surface area (Å²) in [6.45, 7) is 5.53. The Morgan fingerprint density at radius 1 is 1.15 bits per heavy atom. The van der Waals surface area contributed by atoms with Gasteiger partial charge in [-0.2, -0.15) is 13.2 Å². The number of hydrogen-bond acceptors (Lipinski definition) is 5. The monoisotopic (exact) mass is 548 g/mol. The van der Waals surface area contributed by atoms with Crippen molar-refractivity contribution in [1.82, 2.24) is 9.80 Å². The minimum atomic E-state index is -4.48. The van der Waals surface area contributed by atoms with Crippen LogP contribution in [0.25, 0.3) is 0 Å². The highest BCUT2D eigenvalue weighted by Crippen LogP contribution is 2.36. The van der Waals surface area contributed by atoms with Crippen molar-refractivity contribution >= 4 is 23.3 Å². The Bertz CT molecular complexity index is 1170. The molecule has 1 saturated carbocycles. The van der Waals surface area contributed by atoms with Crippen molar-refractivity contribution in [2.75, 3.05) is 43.9 Å². The second kappa shape index (κ2) is 11.8. The summed E-state index contributed by atoms with van der Waals surface area (Å²) in [7, 11) is 2.04. The molecule has 1 aliphatic carbocycles. The Morgan fingerprint density at radius 2 is 1.85 bits per heavy atom. The number of nitrogens with one attached hydrogen (secondary N) is 2. The van der Waals surface area contributed by atoms with Gasteiger partial charge in [0, 0.05) is 31.2 Å². The fraction of sp³-hybridized carbons (Fsp3) is 0.500. The third-order valence-electron chi connectivity index (χ3n) is 7.17. The highest BCUT2D eigenvalue weighted by Gasteiger charge is 2.35. The quantitative estimate of drug-likeness (QED) is 0.436. The number of halogens is 3. The molecule has 0 spiro atoms. The van der Waals surface area contributed by atoms with E-state index in [0.29, 0.717) is 19.0 Å². The van der Waals surface area contributed by atoms with Crippen LogP contribution in [0.4, 0.5) is 29.3 Å². The van der Waals surface area contributed by atoms with Gasteiger partial charge in [-0.15, -0.1) is 0 Å². The van der Waals surface area contributed by atoms with Crippen molar-refractivity contribution in [3.05, 3.63) is 53.6 Å². The lowest BCUT2D eigenvalue weighted by Gasteiger charge is -2.38. The van der Waals surface area contributed by atoms with Crippen molar-refractivity contribution in [2.45, 2.75) is 45.0 Å². The third-order valence-corrected chi connectivity index (χ3v) is 7.17. The smallest absolute Gasteiger partial charge is 0.416 e. The number of aliphatic hydroxyl groups excluding tert-OH is 1. The number of carbonyl (C=O) groups is 2. The van der Waals surface area contributed by atoms with Gasteiger partial charge in [0.1, 0.15) is 6.10 Å². The number of anilines is 2. The molecule has 8 nitrogen and oxygen atoms in total. The number of carbonyl (C=O) groups excluding carboxylic acids is 2. The lowest BCUT2D eigenvalue weighted by molar-refractivity contribution is -0.137. The summed E-state index contributed by atoms with van der Waals surface area (Å²) in [5, 5.41) is 15.0. The Balaban J connectivity index is 1.59. The normalized spacial score (nSPS) is 20.5. The maximum absolute atomic E-state index is 13.6. The molecule has 11 heteroatoms. The number of nitrogens with zero attached hydrogens (tertiary/aromatic N) is 2. The molecule has 0 aromatic heterocycles. The van der Waals surface area contributed by atoms with E-state index in [1.165, 1.54) is 25.0 Å². The molecule has 2 aliphatic rings. The standard InChI is InChI=1S/C28H35F3N4O4/c1-17-13-35(18(2)16-36)26(37)22-5-4-6-23(25(22)39-24(17)15-34(3)14-19-7-8-19)33-27(38)32-21-11-9-20(10-12-21)28(29,30)31/h4-6,9-12,17-19,24,36H,7-8,13-16H2,1-3H3,(H2,32,33,38)/t17-,18+,24-/m1/s1. The summed E-state index contributed by atoms with van der Waals surface area (Å²) >= 11 is 0. The molecule has 1 fully saturated rings. The fourth-order valence-electron chi connectivity index (χ4n) is 4.71. The van der Waals surface area contributed by atoms with Crippen molar-refractivity contribution in [3.63, 3.8) is 0 Å². The van der Waals surface area contributed by atoms with Gasteiger partial charge in [0.05, 0.1) is 29.5 Å². The van der Waals surface area contributed by atoms with Crippen LogP contribution in [0, 0.1) is 11.8 Å². The molecule has 0 unspecified atom stereocenters. The predicted molar refractivity (Wildman–Crippen MR) is 142 cm³/mol. The number of amides is 3. The molecule has 212 valence electrons. The van der Waals surface area contributed by atoms with E-state index in [-0.39, 0.29) is 47.2 Å². The van der Waals surface area contributed by atoms with Crippen molar-refractivity contribution < 1.29 is 32.6 Å². The molecule has 2 aromatic rings. The van der Waals surface area contributed by atoms with Gasteiger partial charge in [0.25, 0.3) is 5.91 Å². The number of likely N-dealkylation sites (N-methyl/N-ethyl adjacent to an activating group) is 1. The second-order valence-corrected chi connectivity index (χ2v) is 10.6. The Morgan fingerprint density at radius 3 is 2.46 bits per heavy atom. The van der Waals surface area contributed by atoms with Crippen LogP contribution in [0.5, 0.6) is 5.75 Å². The predicted octanol–water partition coefficient (Wildman–Crippen LogP) is 4.91. The van der Waals surface area contributed by atoms with E-state index in [0.717, 1.165) is 18.7 Å². The number of ether oxygens (including phenoxy) is 1. The largest absolute Gasteiger partial charge is 0.486 e. The number of urea groups is 1. The molecule has 3 N–H and O–H groups in total. The topological polar surface area (TPSA) is 94.1 Å². The molecule has 39 heavy (non-hydrogen) atoms. The summed E-state index contributed by atoms with van der Waals surface area (Å²) < 4.78 is 45.1. The van der Waals surface area contributed by atoms with Gasteiger partial charge in [-0.1, -0.05) is 13.0 Å². The van der Waals surface area contributed by atoms with E-state index >= 15 is 0 Å². The van der Waals surface area contributed by atoms with Crippen LogP contribution >= 0.6 is 0 Å². The zero-order valence-corrected chi connectivity index (χ0v) is 22.3. The van der Waals surface area contributed by atoms with E-state index in [1.54, 1.807) is 30.0 Å². The maximum Gasteiger partial charge on any atom is 0.416 e.